The highest BCUT2D eigenvalue weighted by Gasteiger charge is 2.18. The number of amides is 3. The van der Waals surface area contributed by atoms with Crippen LogP contribution in [0.25, 0.3) is 0 Å². The highest BCUT2D eigenvalue weighted by molar-refractivity contribution is 5.83. The standard InChI is InChI=1S/C12H23N3O5/c1-4-7-15(8-10(17)14(2)3)12(20)13-6-5-9(16)11(18)19/h9,16H,4-8H2,1-3H3,(H,13,20)(H,18,19)/t9-/m0/s1. The fourth-order valence-corrected chi connectivity index (χ4v) is 1.38. The van der Waals surface area contributed by atoms with Crippen LogP contribution >= 0.6 is 0 Å². The van der Waals surface area contributed by atoms with E-state index in [1.54, 1.807) is 14.1 Å². The van der Waals surface area contributed by atoms with Crippen LogP contribution in [-0.2, 0) is 9.59 Å². The number of hydrogen-bond acceptors (Lipinski definition) is 4. The van der Waals surface area contributed by atoms with E-state index in [0.29, 0.717) is 13.0 Å². The van der Waals surface area contributed by atoms with Crippen LogP contribution in [0.5, 0.6) is 0 Å². The van der Waals surface area contributed by atoms with Crippen molar-refractivity contribution in [1.82, 2.24) is 15.1 Å². The monoisotopic (exact) mass is 289 g/mol. The molecule has 0 aromatic rings. The van der Waals surface area contributed by atoms with E-state index in [1.807, 2.05) is 6.92 Å². The third-order valence-corrected chi connectivity index (χ3v) is 2.58. The van der Waals surface area contributed by atoms with Gasteiger partial charge in [0.1, 0.15) is 6.54 Å². The van der Waals surface area contributed by atoms with Gasteiger partial charge in [-0.2, -0.15) is 0 Å². The first kappa shape index (κ1) is 18.2. The van der Waals surface area contributed by atoms with E-state index in [-0.39, 0.29) is 25.4 Å². The lowest BCUT2D eigenvalue weighted by molar-refractivity contribution is -0.146. The van der Waals surface area contributed by atoms with Gasteiger partial charge in [-0.05, 0) is 6.42 Å². The van der Waals surface area contributed by atoms with Gasteiger partial charge in [0.05, 0.1) is 0 Å². The summed E-state index contributed by atoms with van der Waals surface area (Å²) in [6, 6.07) is -0.445. The molecule has 0 aliphatic carbocycles. The Bertz CT molecular complexity index is 346. The van der Waals surface area contributed by atoms with Gasteiger partial charge in [0.2, 0.25) is 5.91 Å². The second kappa shape index (κ2) is 9.13. The van der Waals surface area contributed by atoms with Crippen molar-refractivity contribution < 1.29 is 24.6 Å². The molecule has 0 radical (unpaired) electrons. The van der Waals surface area contributed by atoms with Crippen LogP contribution in [0.1, 0.15) is 19.8 Å². The highest BCUT2D eigenvalue weighted by Crippen LogP contribution is 1.96. The molecule has 0 aromatic carbocycles. The minimum atomic E-state index is -1.50. The van der Waals surface area contributed by atoms with E-state index in [0.717, 1.165) is 0 Å². The number of nitrogens with zero attached hydrogens (tertiary/aromatic N) is 2. The average Bonchev–Trinajstić information content (AvgIpc) is 2.37. The summed E-state index contributed by atoms with van der Waals surface area (Å²) < 4.78 is 0. The van der Waals surface area contributed by atoms with Crippen molar-refractivity contribution in [1.29, 1.82) is 0 Å². The molecule has 0 rings (SSSR count). The number of aliphatic carboxylic acids is 1. The van der Waals surface area contributed by atoms with Crippen LogP contribution in [0.4, 0.5) is 4.79 Å². The number of rotatable bonds is 8. The quantitative estimate of drug-likeness (QED) is 0.549. The summed E-state index contributed by atoms with van der Waals surface area (Å²) in [5.41, 5.74) is 0. The first-order valence-corrected chi connectivity index (χ1v) is 6.43. The number of aliphatic hydroxyl groups is 1. The third-order valence-electron chi connectivity index (χ3n) is 2.58. The molecule has 1 atom stereocenters. The number of carboxylic acids is 1. The molecule has 8 heteroatoms. The molecular weight excluding hydrogens is 266 g/mol. The van der Waals surface area contributed by atoms with Crippen molar-refractivity contribution in [2.24, 2.45) is 0 Å². The van der Waals surface area contributed by atoms with E-state index in [1.165, 1.54) is 9.80 Å². The van der Waals surface area contributed by atoms with Crippen molar-refractivity contribution in [2.45, 2.75) is 25.9 Å². The van der Waals surface area contributed by atoms with E-state index in [2.05, 4.69) is 5.32 Å². The predicted octanol–water partition coefficient (Wildman–Crippen LogP) is -0.668. The molecule has 0 saturated carbocycles. The molecule has 0 fully saturated rings. The number of likely N-dealkylation sites (N-methyl/N-ethyl adjacent to an activating group) is 1. The van der Waals surface area contributed by atoms with Crippen LogP contribution in [-0.4, -0.2) is 77.8 Å². The lowest BCUT2D eigenvalue weighted by Crippen LogP contribution is -2.46. The molecule has 0 saturated heterocycles. The van der Waals surface area contributed by atoms with Gasteiger partial charge in [0, 0.05) is 33.6 Å². The lowest BCUT2D eigenvalue weighted by atomic mass is 10.2. The zero-order valence-corrected chi connectivity index (χ0v) is 12.1. The molecule has 0 aromatic heterocycles. The summed E-state index contributed by atoms with van der Waals surface area (Å²) >= 11 is 0. The van der Waals surface area contributed by atoms with Crippen LogP contribution < -0.4 is 5.32 Å². The summed E-state index contributed by atoms with van der Waals surface area (Å²) in [6.45, 7) is 2.30. The number of carbonyl (C=O) groups is 3. The van der Waals surface area contributed by atoms with E-state index >= 15 is 0 Å². The SMILES string of the molecule is CCCN(CC(=O)N(C)C)C(=O)NCC[C@H](O)C(=O)O. The Morgan fingerprint density at radius 1 is 1.25 bits per heavy atom. The van der Waals surface area contributed by atoms with Crippen molar-refractivity contribution >= 4 is 17.9 Å². The number of urea groups is 1. The van der Waals surface area contributed by atoms with Gasteiger partial charge < -0.3 is 25.3 Å². The topological polar surface area (TPSA) is 110 Å². The zero-order valence-electron chi connectivity index (χ0n) is 12.1. The number of carboxylic acid groups (broad SMARTS) is 1. The summed E-state index contributed by atoms with van der Waals surface area (Å²) in [7, 11) is 3.21. The Morgan fingerprint density at radius 2 is 1.85 bits per heavy atom. The molecule has 0 heterocycles. The second-order valence-electron chi connectivity index (χ2n) is 4.58. The van der Waals surface area contributed by atoms with E-state index < -0.39 is 18.1 Å². The van der Waals surface area contributed by atoms with Crippen molar-refractivity contribution in [3.05, 3.63) is 0 Å². The van der Waals surface area contributed by atoms with Crippen LogP contribution in [0.3, 0.4) is 0 Å². The third kappa shape index (κ3) is 6.93. The van der Waals surface area contributed by atoms with E-state index in [9.17, 15) is 14.4 Å². The average molecular weight is 289 g/mol. The predicted molar refractivity (Wildman–Crippen MR) is 72.2 cm³/mol. The Labute approximate surface area is 118 Å². The minimum Gasteiger partial charge on any atom is -0.479 e. The molecule has 0 aliphatic heterocycles. The fourth-order valence-electron chi connectivity index (χ4n) is 1.38. The zero-order chi connectivity index (χ0) is 15.7. The molecule has 116 valence electrons. The summed E-state index contributed by atoms with van der Waals surface area (Å²) in [6.07, 6.45) is -0.882. The second-order valence-corrected chi connectivity index (χ2v) is 4.58. The van der Waals surface area contributed by atoms with Crippen LogP contribution in [0, 0.1) is 0 Å². The van der Waals surface area contributed by atoms with Crippen molar-refractivity contribution in [3.63, 3.8) is 0 Å². The summed E-state index contributed by atoms with van der Waals surface area (Å²) in [5, 5.41) is 20.1. The number of nitrogens with one attached hydrogen (secondary N) is 1. The molecule has 0 aliphatic rings. The van der Waals surface area contributed by atoms with Gasteiger partial charge in [-0.25, -0.2) is 9.59 Å². The smallest absolute Gasteiger partial charge is 0.332 e. The number of carbonyl (C=O) groups excluding carboxylic acids is 2. The first-order valence-electron chi connectivity index (χ1n) is 6.43. The Morgan fingerprint density at radius 3 is 2.30 bits per heavy atom. The molecule has 8 nitrogen and oxygen atoms in total. The molecule has 3 amide bonds. The largest absolute Gasteiger partial charge is 0.479 e. The highest BCUT2D eigenvalue weighted by atomic mass is 16.4. The van der Waals surface area contributed by atoms with Gasteiger partial charge in [-0.15, -0.1) is 0 Å². The number of aliphatic hydroxyl groups excluding tert-OH is 1. The van der Waals surface area contributed by atoms with Crippen LogP contribution in [0.2, 0.25) is 0 Å². The van der Waals surface area contributed by atoms with Gasteiger partial charge in [0.25, 0.3) is 0 Å². The fraction of sp³-hybridized carbons (Fsp3) is 0.750. The summed E-state index contributed by atoms with van der Waals surface area (Å²) in [4.78, 5) is 36.6. The Balaban J connectivity index is 4.29. The van der Waals surface area contributed by atoms with Gasteiger partial charge in [-0.3, -0.25) is 4.79 Å². The first-order chi connectivity index (χ1) is 9.29. The molecule has 0 unspecified atom stereocenters. The Kier molecular flexibility index (Phi) is 8.30. The maximum atomic E-state index is 11.9. The molecular formula is C12H23N3O5. The molecule has 0 spiro atoms. The van der Waals surface area contributed by atoms with E-state index in [4.69, 9.17) is 10.2 Å². The maximum absolute atomic E-state index is 11.9. The molecule has 20 heavy (non-hydrogen) atoms. The van der Waals surface area contributed by atoms with Crippen LogP contribution in [0.15, 0.2) is 0 Å². The minimum absolute atomic E-state index is 0.0304. The van der Waals surface area contributed by atoms with Gasteiger partial charge in [0.15, 0.2) is 6.10 Å². The molecule has 0 bridgehead atoms. The van der Waals surface area contributed by atoms with Gasteiger partial charge >= 0.3 is 12.0 Å². The van der Waals surface area contributed by atoms with Gasteiger partial charge in [-0.1, -0.05) is 6.92 Å². The van der Waals surface area contributed by atoms with Crippen molar-refractivity contribution in [2.75, 3.05) is 33.7 Å². The lowest BCUT2D eigenvalue weighted by Gasteiger charge is -2.23. The Hall–Kier alpha value is -1.83. The number of hydrogen-bond donors (Lipinski definition) is 3. The maximum Gasteiger partial charge on any atom is 0.332 e. The van der Waals surface area contributed by atoms with Crippen molar-refractivity contribution in [3.8, 4) is 0 Å². The summed E-state index contributed by atoms with van der Waals surface area (Å²) in [5.74, 6) is -1.52. The molecule has 3 N–H and O–H groups in total. The normalized spacial score (nSPS) is 11.6.